The second-order valence-corrected chi connectivity index (χ2v) is 32.9. The van der Waals surface area contributed by atoms with Gasteiger partial charge >= 0.3 is 6.18 Å². The molecule has 22 rings (SSSR count). The summed E-state index contributed by atoms with van der Waals surface area (Å²) >= 11 is 0. The fourth-order valence-electron chi connectivity index (χ4n) is 20.8. The highest BCUT2D eigenvalue weighted by atomic mass is 19.4. The standard InChI is InChI=1S/C25H22FN3O.C24H27N3O.C22H24FN3O.C21H20F3N3O.3C2H6.3CH4/c26-19-9-6-17(7-10-19)25-27-12-14-28(25)15-18-8-11-21-22(24(18)30)20-5-1-3-16-4-2-13-29(21)23(16)20;28-24-18(15-26-13-11-25-21(26)14-16-4-1-5-16)9-10-20-22(24)19-8-2-6-17-7-3-12-27(20)23(17)19;23-10-2-7-19-24-11-13-25(19)14-16-8-9-18-20(22(16)27)17-6-1-4-15-5-3-12-26(18)21(15)17;22-21(23,24)11-17-25-8-10-26(17)12-14-6-7-16-18(20(14)28)15-5-1-3-13-4-2-9-27(16)19(13)15;3*1-2;;;/h1,3,5-7,9-10,12,14,18H,2,4,8,11,13,15H2;2,6,8,11,13,16,18H,1,3-5,7,9-10,12,14-15H2;1,4,6,11,13,16H,2-3,5,7-10,12,14H2;1,3,5,8,10,14H,2,4,6-7,9,11-12H2;3*1-2H3;3*1H4/t2*18-;16-;14-;;;;;;/m1111....../s1. The number of Topliss-reactive ketones (excluding diaryl/α,β-unsaturated/α-hetero) is 4. The molecule has 13 aromatic rings. The molecule has 1 saturated carbocycles. The largest absolute Gasteiger partial charge is 0.396 e. The summed E-state index contributed by atoms with van der Waals surface area (Å²) in [4.78, 5) is 71.2. The summed E-state index contributed by atoms with van der Waals surface area (Å²) in [5.74, 6) is 3.90. The van der Waals surface area contributed by atoms with Crippen molar-refractivity contribution < 1.29 is 41.1 Å². The number of alkyl halides is 4. The molecular formula is C101H123F5N12O4. The van der Waals surface area contributed by atoms with Crippen molar-refractivity contribution in [1.29, 1.82) is 0 Å². The maximum absolute atomic E-state index is 13.6. The van der Waals surface area contributed by atoms with Crippen molar-refractivity contribution in [3.8, 4) is 11.4 Å². The smallest absolute Gasteiger partial charge is 0.344 e. The molecule has 12 heterocycles. The van der Waals surface area contributed by atoms with Crippen molar-refractivity contribution in [2.75, 3.05) is 6.67 Å². The van der Waals surface area contributed by atoms with Crippen molar-refractivity contribution in [3.05, 3.63) is 237 Å². The van der Waals surface area contributed by atoms with Crippen molar-refractivity contribution >= 4 is 66.7 Å². The summed E-state index contributed by atoms with van der Waals surface area (Å²) < 4.78 is 81.6. The van der Waals surface area contributed by atoms with Crippen LogP contribution in [0.4, 0.5) is 22.0 Å². The predicted molar refractivity (Wildman–Crippen MR) is 479 cm³/mol. The van der Waals surface area contributed by atoms with E-state index in [1.807, 2.05) is 81.4 Å². The molecule has 4 atom stereocenters. The van der Waals surface area contributed by atoms with Crippen LogP contribution in [0.15, 0.2) is 147 Å². The molecule has 5 aliphatic carbocycles. The first kappa shape index (κ1) is 89.2. The highest BCUT2D eigenvalue weighted by molar-refractivity contribution is 6.15. The SMILES string of the molecule is C.C.C.CC.CC.CC.O=C1c2c(n3c4c(cccc24)CCC3)CC[C@@H]1Cn1ccnc1-c1ccc(F)cc1.O=C1c2c(n3c4c(cccc24)CCC3)CC[C@@H]1Cn1ccnc1CC(F)(F)F.O=C1c2c(n3c4c(cccc24)CCC3)CC[C@@H]1Cn1ccnc1CC1CCC1.O=C1c2c(n3c4c(cccc24)CCC3)CC[C@@H]1Cn1ccnc1CCCF. The Morgan fingerprint density at radius 3 is 1.07 bits per heavy atom. The lowest BCUT2D eigenvalue weighted by Gasteiger charge is -2.27. The number of ketones is 4. The summed E-state index contributed by atoms with van der Waals surface area (Å²) in [6, 6.07) is 31.8. The number of carbonyl (C=O) groups is 4. The van der Waals surface area contributed by atoms with E-state index < -0.39 is 12.6 Å². The Morgan fingerprint density at radius 2 is 0.713 bits per heavy atom. The van der Waals surface area contributed by atoms with Crippen LogP contribution in [-0.2, 0) is 123 Å². The van der Waals surface area contributed by atoms with Crippen LogP contribution < -0.4 is 0 Å². The van der Waals surface area contributed by atoms with Crippen LogP contribution in [0.3, 0.4) is 0 Å². The average Bonchev–Trinajstić information content (AvgIpc) is 1.59. The predicted octanol–water partition coefficient (Wildman–Crippen LogP) is 23.1. The third kappa shape index (κ3) is 17.1. The van der Waals surface area contributed by atoms with Crippen molar-refractivity contribution in [3.63, 3.8) is 0 Å². The van der Waals surface area contributed by atoms with E-state index in [1.54, 1.807) is 30.7 Å². The lowest BCUT2D eigenvalue weighted by molar-refractivity contribution is -0.129. The molecule has 9 aliphatic rings. The quantitative estimate of drug-likeness (QED) is 0.0917. The molecule has 0 amide bonds. The van der Waals surface area contributed by atoms with E-state index in [0.29, 0.717) is 38.1 Å². The van der Waals surface area contributed by atoms with Gasteiger partial charge in [-0.25, -0.2) is 24.3 Å². The number of imidazole rings is 4. The van der Waals surface area contributed by atoms with Gasteiger partial charge in [-0.15, -0.1) is 0 Å². The minimum absolute atomic E-state index is 0. The highest BCUT2D eigenvalue weighted by Crippen LogP contribution is 2.45. The zero-order valence-corrected chi connectivity index (χ0v) is 69.8. The number of hydrogen-bond acceptors (Lipinski definition) is 8. The first-order valence-electron chi connectivity index (χ1n) is 44.3. The van der Waals surface area contributed by atoms with E-state index in [0.717, 1.165) is 196 Å². The van der Waals surface area contributed by atoms with Crippen molar-refractivity contribution in [1.82, 2.24) is 56.5 Å². The number of carbonyl (C=O) groups excluding carboxylic acids is 4. The van der Waals surface area contributed by atoms with Gasteiger partial charge in [-0.1, -0.05) is 156 Å². The van der Waals surface area contributed by atoms with Crippen LogP contribution in [0, 0.1) is 35.4 Å². The molecular weight excluding hydrogens is 1540 g/mol. The minimum Gasteiger partial charge on any atom is -0.344 e. The maximum atomic E-state index is 13.6. The summed E-state index contributed by atoms with van der Waals surface area (Å²) in [5.41, 5.74) is 19.9. The molecule has 8 aromatic heterocycles. The third-order valence-corrected chi connectivity index (χ3v) is 26.3. The summed E-state index contributed by atoms with van der Waals surface area (Å²) in [7, 11) is 0. The third-order valence-electron chi connectivity index (χ3n) is 26.3. The van der Waals surface area contributed by atoms with Gasteiger partial charge in [0.25, 0.3) is 0 Å². The minimum atomic E-state index is -4.31. The lowest BCUT2D eigenvalue weighted by Crippen LogP contribution is -2.28. The molecule has 16 nitrogen and oxygen atoms in total. The Morgan fingerprint density at radius 1 is 0.385 bits per heavy atom. The van der Waals surface area contributed by atoms with Crippen molar-refractivity contribution in [2.24, 2.45) is 29.6 Å². The fraction of sp³-hybridized carbons (Fsp3) is 0.465. The molecule has 0 N–H and O–H groups in total. The number of benzene rings is 5. The zero-order valence-electron chi connectivity index (χ0n) is 69.8. The summed E-state index contributed by atoms with van der Waals surface area (Å²) in [6.07, 6.45) is 31.0. The molecule has 1 fully saturated rings. The Balaban J connectivity index is 0.000000136. The Labute approximate surface area is 715 Å². The van der Waals surface area contributed by atoms with E-state index in [-0.39, 0.29) is 88.2 Å². The first-order chi connectivity index (χ1) is 58.2. The molecule has 122 heavy (non-hydrogen) atoms. The van der Waals surface area contributed by atoms with Crippen LogP contribution in [0.2, 0.25) is 0 Å². The molecule has 0 saturated heterocycles. The zero-order chi connectivity index (χ0) is 82.8. The Hall–Kier alpha value is -10.6. The number of hydrogen-bond donors (Lipinski definition) is 0. The van der Waals surface area contributed by atoms with Gasteiger partial charge < -0.3 is 36.5 Å². The van der Waals surface area contributed by atoms with E-state index in [1.165, 1.54) is 121 Å². The molecule has 4 aliphatic heterocycles. The molecule has 0 spiro atoms. The molecule has 646 valence electrons. The van der Waals surface area contributed by atoms with Crippen LogP contribution in [0.5, 0.6) is 0 Å². The molecule has 5 aromatic carbocycles. The van der Waals surface area contributed by atoms with E-state index >= 15 is 0 Å². The molecule has 0 bridgehead atoms. The maximum Gasteiger partial charge on any atom is 0.396 e. The fourth-order valence-corrected chi connectivity index (χ4v) is 20.8. The Bertz CT molecular complexity index is 5870. The van der Waals surface area contributed by atoms with E-state index in [2.05, 4.69) is 110 Å². The van der Waals surface area contributed by atoms with Crippen LogP contribution in [0.25, 0.3) is 55.0 Å². The van der Waals surface area contributed by atoms with Gasteiger partial charge in [0.15, 0.2) is 23.1 Å². The second-order valence-electron chi connectivity index (χ2n) is 32.9. The number of halogens is 5. The summed E-state index contributed by atoms with van der Waals surface area (Å²) in [5, 5.41) is 4.46. The molecule has 0 radical (unpaired) electrons. The lowest BCUT2D eigenvalue weighted by atomic mass is 9.82. The normalized spacial score (nSPS) is 18.2. The number of aromatic nitrogens is 12. The highest BCUT2D eigenvalue weighted by Gasteiger charge is 2.41. The van der Waals surface area contributed by atoms with Gasteiger partial charge in [-0.3, -0.25) is 23.6 Å². The van der Waals surface area contributed by atoms with Gasteiger partial charge in [0.2, 0.25) is 0 Å². The van der Waals surface area contributed by atoms with Gasteiger partial charge in [-0.2, -0.15) is 13.2 Å². The number of fused-ring (bicyclic) bond motifs is 12. The van der Waals surface area contributed by atoms with E-state index in [9.17, 15) is 41.1 Å². The van der Waals surface area contributed by atoms with Crippen molar-refractivity contribution in [2.45, 2.75) is 270 Å². The number of rotatable bonds is 15. The van der Waals surface area contributed by atoms with E-state index in [4.69, 9.17) is 0 Å². The number of para-hydroxylation sites is 4. The Kier molecular flexibility index (Phi) is 28.4. The molecule has 21 heteroatoms. The van der Waals surface area contributed by atoms with Gasteiger partial charge in [0.05, 0.1) is 28.7 Å². The first-order valence-corrected chi connectivity index (χ1v) is 44.3. The monoisotopic (exact) mass is 1660 g/mol. The molecule has 0 unspecified atom stereocenters. The van der Waals surface area contributed by atoms with Gasteiger partial charge in [0.1, 0.15) is 35.5 Å². The van der Waals surface area contributed by atoms with Gasteiger partial charge in [-0.05, 0) is 162 Å². The average molecular weight is 1660 g/mol. The van der Waals surface area contributed by atoms with Gasteiger partial charge in [0, 0.05) is 211 Å². The van der Waals surface area contributed by atoms with Crippen LogP contribution in [-0.4, -0.2) is 92.5 Å². The topological polar surface area (TPSA) is 159 Å². The van der Waals surface area contributed by atoms with Crippen LogP contribution >= 0.6 is 0 Å². The number of aryl methyl sites for hydroxylation is 9. The number of nitrogens with zero attached hydrogens (tertiary/aromatic N) is 12. The van der Waals surface area contributed by atoms with Crippen LogP contribution in [0.1, 0.15) is 245 Å². The summed E-state index contributed by atoms with van der Waals surface area (Å²) in [6.45, 7) is 18.0. The second kappa shape index (κ2) is 38.9.